The Kier molecular flexibility index (Phi) is 2.95. The van der Waals surface area contributed by atoms with Crippen LogP contribution in [0.3, 0.4) is 0 Å². The number of carboxylic acids is 1. The Hall–Kier alpha value is -1.000. The number of hydrogen-bond acceptors (Lipinski definition) is 2. The molecule has 1 N–H and O–H groups in total. The molecule has 3 nitrogen and oxygen atoms in total. The fourth-order valence-electron chi connectivity index (χ4n) is 1.70. The third-order valence-electron chi connectivity index (χ3n) is 2.39. The summed E-state index contributed by atoms with van der Waals surface area (Å²) in [4.78, 5) is 11.0. The van der Waals surface area contributed by atoms with Crippen molar-refractivity contribution in [2.45, 2.75) is 13.3 Å². The summed E-state index contributed by atoms with van der Waals surface area (Å²) in [7, 11) is 0. The molecule has 1 aromatic heterocycles. The first-order valence-electron chi connectivity index (χ1n) is 4.69. The molecule has 0 atom stereocenters. The first kappa shape index (κ1) is 11.5. The molecule has 0 saturated heterocycles. The van der Waals surface area contributed by atoms with Crippen LogP contribution in [0.5, 0.6) is 0 Å². The summed E-state index contributed by atoms with van der Waals surface area (Å²) in [5, 5.41) is 10.2. The van der Waals surface area contributed by atoms with Gasteiger partial charge in [0.15, 0.2) is 5.58 Å². The van der Waals surface area contributed by atoms with Crippen molar-refractivity contribution < 1.29 is 14.3 Å². The van der Waals surface area contributed by atoms with E-state index in [1.165, 1.54) is 0 Å². The summed E-state index contributed by atoms with van der Waals surface area (Å²) >= 11 is 9.34. The quantitative estimate of drug-likeness (QED) is 0.908. The first-order valence-corrected chi connectivity index (χ1v) is 5.86. The van der Waals surface area contributed by atoms with E-state index >= 15 is 0 Å². The zero-order valence-corrected chi connectivity index (χ0v) is 10.7. The molecule has 1 heterocycles. The number of carbonyl (C=O) groups is 1. The monoisotopic (exact) mass is 302 g/mol. The fraction of sp³-hybridized carbons (Fsp3) is 0.182. The van der Waals surface area contributed by atoms with E-state index < -0.39 is 5.97 Å². The Morgan fingerprint density at radius 2 is 2.25 bits per heavy atom. The molecule has 0 aliphatic carbocycles. The Labute approximate surface area is 105 Å². The topological polar surface area (TPSA) is 50.4 Å². The van der Waals surface area contributed by atoms with Crippen LogP contribution >= 0.6 is 27.5 Å². The number of aryl methyl sites for hydroxylation is 1. The lowest BCUT2D eigenvalue weighted by molar-refractivity contribution is 0.0663. The second-order valence-electron chi connectivity index (χ2n) is 3.30. The highest BCUT2D eigenvalue weighted by Crippen LogP contribution is 2.36. The van der Waals surface area contributed by atoms with Gasteiger partial charge in [-0.1, -0.05) is 34.5 Å². The molecule has 2 rings (SSSR count). The molecule has 0 amide bonds. The van der Waals surface area contributed by atoms with E-state index in [0.29, 0.717) is 22.6 Å². The Bertz CT molecular complexity index is 574. The number of carboxylic acid groups (broad SMARTS) is 1. The molecule has 0 spiro atoms. The van der Waals surface area contributed by atoms with Gasteiger partial charge in [-0.15, -0.1) is 0 Å². The van der Waals surface area contributed by atoms with Crippen LogP contribution in [0.4, 0.5) is 0 Å². The lowest BCUT2D eigenvalue weighted by Gasteiger charge is -1.97. The molecule has 0 saturated carbocycles. The van der Waals surface area contributed by atoms with Gasteiger partial charge < -0.3 is 9.52 Å². The Morgan fingerprint density at radius 1 is 1.56 bits per heavy atom. The number of rotatable bonds is 2. The van der Waals surface area contributed by atoms with Gasteiger partial charge in [-0.25, -0.2) is 4.79 Å². The van der Waals surface area contributed by atoms with E-state index in [4.69, 9.17) is 21.1 Å². The molecular formula is C11H8BrClO3. The highest BCUT2D eigenvalue weighted by Gasteiger charge is 2.21. The molecule has 2 aromatic rings. The summed E-state index contributed by atoms with van der Waals surface area (Å²) in [5.41, 5.74) is 1.09. The molecule has 16 heavy (non-hydrogen) atoms. The van der Waals surface area contributed by atoms with Gasteiger partial charge in [0, 0.05) is 15.4 Å². The second kappa shape index (κ2) is 4.11. The zero-order valence-electron chi connectivity index (χ0n) is 8.38. The van der Waals surface area contributed by atoms with Crippen molar-refractivity contribution in [2.24, 2.45) is 0 Å². The predicted octanol–water partition coefficient (Wildman–Crippen LogP) is 4.11. The molecule has 0 bridgehead atoms. The van der Waals surface area contributed by atoms with Crippen LogP contribution in [0.25, 0.3) is 11.0 Å². The molecule has 84 valence electrons. The summed E-state index contributed by atoms with van der Waals surface area (Å²) in [6.07, 6.45) is 0.577. The van der Waals surface area contributed by atoms with E-state index in [1.807, 2.05) is 6.92 Å². The van der Waals surface area contributed by atoms with Gasteiger partial charge in [0.1, 0.15) is 0 Å². The first-order chi connectivity index (χ1) is 7.56. The average molecular weight is 304 g/mol. The van der Waals surface area contributed by atoms with Crippen molar-refractivity contribution >= 4 is 44.5 Å². The molecule has 5 heteroatoms. The van der Waals surface area contributed by atoms with E-state index in [9.17, 15) is 4.79 Å². The predicted molar refractivity (Wildman–Crippen MR) is 65.3 cm³/mol. The number of fused-ring (bicyclic) bond motifs is 1. The van der Waals surface area contributed by atoms with E-state index in [1.54, 1.807) is 12.1 Å². The van der Waals surface area contributed by atoms with E-state index in [0.717, 1.165) is 9.86 Å². The minimum absolute atomic E-state index is 0.0358. The van der Waals surface area contributed by atoms with Crippen molar-refractivity contribution in [3.05, 3.63) is 33.0 Å². The van der Waals surface area contributed by atoms with Crippen LogP contribution < -0.4 is 0 Å². The van der Waals surface area contributed by atoms with Crippen LogP contribution in [-0.2, 0) is 6.42 Å². The van der Waals surface area contributed by atoms with Crippen molar-refractivity contribution in [3.63, 3.8) is 0 Å². The van der Waals surface area contributed by atoms with Crippen LogP contribution in [0.15, 0.2) is 21.0 Å². The normalized spacial score (nSPS) is 10.9. The van der Waals surface area contributed by atoms with Crippen molar-refractivity contribution in [1.82, 2.24) is 0 Å². The summed E-state index contributed by atoms with van der Waals surface area (Å²) in [6, 6.07) is 3.45. The van der Waals surface area contributed by atoms with Crippen molar-refractivity contribution in [1.29, 1.82) is 0 Å². The standard InChI is InChI=1S/C11H8BrClO3/c1-2-5-8-6(12)3-4-7(13)10(8)16-9(5)11(14)15/h3-4H,2H2,1H3,(H,14,15). The summed E-state index contributed by atoms with van der Waals surface area (Å²) < 4.78 is 6.09. The van der Waals surface area contributed by atoms with Gasteiger partial charge in [-0.3, -0.25) is 0 Å². The van der Waals surface area contributed by atoms with Gasteiger partial charge in [-0.2, -0.15) is 0 Å². The number of benzene rings is 1. The molecule has 0 unspecified atom stereocenters. The molecule has 0 aliphatic rings. The van der Waals surface area contributed by atoms with Crippen LogP contribution in [0.1, 0.15) is 23.0 Å². The summed E-state index contributed by atoms with van der Waals surface area (Å²) in [6.45, 7) is 1.88. The molecule has 1 aromatic carbocycles. The van der Waals surface area contributed by atoms with Crippen molar-refractivity contribution in [2.75, 3.05) is 0 Å². The van der Waals surface area contributed by atoms with Crippen LogP contribution in [-0.4, -0.2) is 11.1 Å². The van der Waals surface area contributed by atoms with Gasteiger partial charge >= 0.3 is 5.97 Å². The minimum atomic E-state index is -1.07. The number of furan rings is 1. The zero-order chi connectivity index (χ0) is 11.9. The van der Waals surface area contributed by atoms with Gasteiger partial charge in [0.05, 0.1) is 5.02 Å². The lowest BCUT2D eigenvalue weighted by Crippen LogP contribution is -1.97. The number of aromatic carboxylic acids is 1. The molecule has 0 aliphatic heterocycles. The number of hydrogen-bond donors (Lipinski definition) is 1. The average Bonchev–Trinajstić information content (AvgIpc) is 2.64. The third kappa shape index (κ3) is 1.62. The maximum Gasteiger partial charge on any atom is 0.372 e. The third-order valence-corrected chi connectivity index (χ3v) is 3.35. The highest BCUT2D eigenvalue weighted by atomic mass is 79.9. The Balaban J connectivity index is 2.92. The lowest BCUT2D eigenvalue weighted by atomic mass is 10.1. The van der Waals surface area contributed by atoms with Crippen LogP contribution in [0, 0.1) is 0 Å². The largest absolute Gasteiger partial charge is 0.475 e. The molecule has 0 radical (unpaired) electrons. The SMILES string of the molecule is CCc1c(C(=O)O)oc2c(Cl)ccc(Br)c12. The van der Waals surface area contributed by atoms with Gasteiger partial charge in [0.25, 0.3) is 0 Å². The molecular weight excluding hydrogens is 295 g/mol. The maximum absolute atomic E-state index is 11.0. The highest BCUT2D eigenvalue weighted by molar-refractivity contribution is 9.10. The van der Waals surface area contributed by atoms with E-state index in [-0.39, 0.29) is 5.76 Å². The maximum atomic E-state index is 11.0. The second-order valence-corrected chi connectivity index (χ2v) is 4.56. The molecule has 0 fully saturated rings. The van der Waals surface area contributed by atoms with Gasteiger partial charge in [-0.05, 0) is 18.6 Å². The van der Waals surface area contributed by atoms with Crippen LogP contribution in [0.2, 0.25) is 5.02 Å². The summed E-state index contributed by atoms with van der Waals surface area (Å²) in [5.74, 6) is -1.11. The van der Waals surface area contributed by atoms with Gasteiger partial charge in [0.2, 0.25) is 5.76 Å². The fourth-order valence-corrected chi connectivity index (χ4v) is 2.45. The number of halogens is 2. The van der Waals surface area contributed by atoms with Crippen molar-refractivity contribution in [3.8, 4) is 0 Å². The minimum Gasteiger partial charge on any atom is -0.475 e. The Morgan fingerprint density at radius 3 is 2.81 bits per heavy atom. The smallest absolute Gasteiger partial charge is 0.372 e. The van der Waals surface area contributed by atoms with E-state index in [2.05, 4.69) is 15.9 Å².